The van der Waals surface area contributed by atoms with Crippen molar-refractivity contribution in [3.63, 3.8) is 0 Å². The first-order valence-electron chi connectivity index (χ1n) is 6.06. The van der Waals surface area contributed by atoms with E-state index in [0.717, 1.165) is 19.3 Å². The largest absolute Gasteiger partial charge is 0.412 e. The van der Waals surface area contributed by atoms with Gasteiger partial charge in [0.25, 0.3) is 0 Å². The second-order valence-corrected chi connectivity index (χ2v) is 10.9. The summed E-state index contributed by atoms with van der Waals surface area (Å²) in [6.07, 6.45) is 3.53. The number of hydrogen-bond donors (Lipinski definition) is 0. The molecule has 0 aromatic carbocycles. The number of azide groups is 1. The molecule has 0 spiro atoms. The number of nitrogens with zero attached hydrogens (tertiary/aromatic N) is 3. The van der Waals surface area contributed by atoms with Crippen molar-refractivity contribution in [1.29, 1.82) is 0 Å². The first-order chi connectivity index (χ1) is 8.33. The van der Waals surface area contributed by atoms with Gasteiger partial charge in [0, 0.05) is 11.2 Å². The van der Waals surface area contributed by atoms with E-state index < -0.39 is 25.5 Å². The second-order valence-electron chi connectivity index (χ2n) is 5.43. The molecule has 1 rings (SSSR count). The Morgan fingerprint density at radius 3 is 2.56 bits per heavy atom. The number of hydrogen-bond acceptors (Lipinski definition) is 4. The van der Waals surface area contributed by atoms with E-state index in [1.54, 1.807) is 0 Å². The lowest BCUT2D eigenvalue weighted by Gasteiger charge is -2.38. The summed E-state index contributed by atoms with van der Waals surface area (Å²) in [5, 5.41) is 3.75. The molecular weight excluding hydrogens is 270 g/mol. The van der Waals surface area contributed by atoms with Crippen molar-refractivity contribution in [2.75, 3.05) is 6.26 Å². The standard InChI is InChI=1S/C10H21N3O3SSi/c1-17(14)15-10-8(12-13-11)6-5-7-9(10)16-18(2,3)4/h8-10H,5-7H2,1-4H3/t8-,9+,10+,17?/m1/s1. The second kappa shape index (κ2) is 6.67. The molecule has 0 heterocycles. The maximum Gasteiger partial charge on any atom is 0.184 e. The normalized spacial score (nSPS) is 30.6. The summed E-state index contributed by atoms with van der Waals surface area (Å²) in [5.41, 5.74) is 8.58. The molecule has 0 aliphatic heterocycles. The van der Waals surface area contributed by atoms with Crippen LogP contribution >= 0.6 is 0 Å². The fourth-order valence-electron chi connectivity index (χ4n) is 2.16. The summed E-state index contributed by atoms with van der Waals surface area (Å²) < 4.78 is 22.8. The molecule has 6 nitrogen and oxygen atoms in total. The first-order valence-corrected chi connectivity index (χ1v) is 10.9. The van der Waals surface area contributed by atoms with Gasteiger partial charge < -0.3 is 4.43 Å². The van der Waals surface area contributed by atoms with Gasteiger partial charge in [0.2, 0.25) is 0 Å². The lowest BCUT2D eigenvalue weighted by atomic mass is 9.91. The van der Waals surface area contributed by atoms with Gasteiger partial charge >= 0.3 is 0 Å². The zero-order valence-corrected chi connectivity index (χ0v) is 13.1. The molecule has 1 unspecified atom stereocenters. The zero-order valence-electron chi connectivity index (χ0n) is 11.3. The Balaban J connectivity index is 2.84. The van der Waals surface area contributed by atoms with Gasteiger partial charge in [-0.3, -0.25) is 4.18 Å². The molecule has 1 saturated carbocycles. The maximum absolute atomic E-state index is 11.3. The predicted octanol–water partition coefficient (Wildman–Crippen LogP) is 2.75. The summed E-state index contributed by atoms with van der Waals surface area (Å²) in [4.78, 5) is 2.85. The van der Waals surface area contributed by atoms with Crippen LogP contribution in [0.2, 0.25) is 19.6 Å². The van der Waals surface area contributed by atoms with Crippen molar-refractivity contribution in [3.05, 3.63) is 10.4 Å². The van der Waals surface area contributed by atoms with E-state index in [4.69, 9.17) is 14.1 Å². The van der Waals surface area contributed by atoms with E-state index in [1.165, 1.54) is 6.26 Å². The molecular formula is C10H21N3O3SSi. The molecule has 18 heavy (non-hydrogen) atoms. The van der Waals surface area contributed by atoms with Crippen LogP contribution in [0.25, 0.3) is 10.4 Å². The first kappa shape index (κ1) is 15.7. The summed E-state index contributed by atoms with van der Waals surface area (Å²) in [6.45, 7) is 6.30. The van der Waals surface area contributed by atoms with Crippen LogP contribution in [0.3, 0.4) is 0 Å². The highest BCUT2D eigenvalue weighted by Gasteiger charge is 2.37. The van der Waals surface area contributed by atoms with Crippen LogP contribution in [0.15, 0.2) is 5.11 Å². The molecule has 104 valence electrons. The van der Waals surface area contributed by atoms with E-state index in [0.29, 0.717) is 0 Å². The van der Waals surface area contributed by atoms with Crippen molar-refractivity contribution in [2.45, 2.75) is 57.2 Å². The van der Waals surface area contributed by atoms with Gasteiger partial charge in [-0.25, -0.2) is 4.21 Å². The molecule has 1 fully saturated rings. The molecule has 0 saturated heterocycles. The minimum atomic E-state index is -1.70. The minimum Gasteiger partial charge on any atom is -0.412 e. The fourth-order valence-corrected chi connectivity index (χ4v) is 3.88. The SMILES string of the molecule is CS(=O)O[C@@H]1[C@@H](O[Si](C)(C)C)CCC[C@H]1N=[N+]=[N-]. The average molecular weight is 291 g/mol. The Labute approximate surface area is 111 Å². The van der Waals surface area contributed by atoms with Crippen LogP contribution in [0.5, 0.6) is 0 Å². The Hall–Kier alpha value is -0.403. The highest BCUT2D eigenvalue weighted by molar-refractivity contribution is 7.79. The van der Waals surface area contributed by atoms with Crippen molar-refractivity contribution in [1.82, 2.24) is 0 Å². The highest BCUT2D eigenvalue weighted by Crippen LogP contribution is 2.29. The van der Waals surface area contributed by atoms with Crippen LogP contribution in [0.1, 0.15) is 19.3 Å². The van der Waals surface area contributed by atoms with Gasteiger partial charge in [-0.05, 0) is 38.0 Å². The van der Waals surface area contributed by atoms with Crippen molar-refractivity contribution in [2.24, 2.45) is 5.11 Å². The monoisotopic (exact) mass is 291 g/mol. The third-order valence-corrected chi connectivity index (χ3v) is 4.19. The average Bonchev–Trinajstić information content (AvgIpc) is 2.20. The summed E-state index contributed by atoms with van der Waals surface area (Å²) in [5.74, 6) is 0. The Morgan fingerprint density at radius 2 is 2.06 bits per heavy atom. The van der Waals surface area contributed by atoms with Crippen LogP contribution in [0, 0.1) is 0 Å². The fraction of sp³-hybridized carbons (Fsp3) is 1.00. The quantitative estimate of drug-likeness (QED) is 0.338. The van der Waals surface area contributed by atoms with Gasteiger partial charge in [0.1, 0.15) is 6.10 Å². The molecule has 1 aliphatic carbocycles. The molecule has 0 aromatic rings. The van der Waals surface area contributed by atoms with Crippen molar-refractivity contribution < 1.29 is 12.8 Å². The molecule has 0 bridgehead atoms. The Morgan fingerprint density at radius 1 is 1.39 bits per heavy atom. The third-order valence-electron chi connectivity index (χ3n) is 2.69. The van der Waals surface area contributed by atoms with Crippen LogP contribution in [-0.2, 0) is 19.7 Å². The maximum atomic E-state index is 11.3. The lowest BCUT2D eigenvalue weighted by molar-refractivity contribution is 0.0142. The summed E-state index contributed by atoms with van der Waals surface area (Å²) >= 11 is -1.38. The van der Waals surface area contributed by atoms with Crippen LogP contribution in [-0.4, -0.2) is 37.0 Å². The smallest absolute Gasteiger partial charge is 0.184 e. The molecule has 0 radical (unpaired) electrons. The van der Waals surface area contributed by atoms with E-state index in [9.17, 15) is 4.21 Å². The lowest BCUT2D eigenvalue weighted by Crippen LogP contribution is -2.48. The molecule has 0 amide bonds. The van der Waals surface area contributed by atoms with Gasteiger partial charge in [0.05, 0.1) is 12.1 Å². The molecule has 8 heteroatoms. The van der Waals surface area contributed by atoms with E-state index >= 15 is 0 Å². The minimum absolute atomic E-state index is 0.121. The van der Waals surface area contributed by atoms with E-state index in [2.05, 4.69) is 29.7 Å². The zero-order chi connectivity index (χ0) is 13.8. The number of rotatable bonds is 5. The highest BCUT2D eigenvalue weighted by atomic mass is 32.2. The Bertz CT molecular complexity index is 355. The van der Waals surface area contributed by atoms with Gasteiger partial charge in [-0.1, -0.05) is 11.5 Å². The molecule has 0 aromatic heterocycles. The molecule has 1 aliphatic rings. The van der Waals surface area contributed by atoms with E-state index in [-0.39, 0.29) is 12.1 Å². The van der Waals surface area contributed by atoms with Crippen LogP contribution in [0.4, 0.5) is 0 Å². The van der Waals surface area contributed by atoms with E-state index in [1.807, 2.05) is 0 Å². The van der Waals surface area contributed by atoms with Gasteiger partial charge in [-0.15, -0.1) is 0 Å². The van der Waals surface area contributed by atoms with Gasteiger partial charge in [0.15, 0.2) is 19.4 Å². The van der Waals surface area contributed by atoms with Crippen molar-refractivity contribution >= 4 is 19.4 Å². The predicted molar refractivity (Wildman–Crippen MR) is 73.9 cm³/mol. The molecule has 0 N–H and O–H groups in total. The third kappa shape index (κ3) is 5.07. The summed E-state index contributed by atoms with van der Waals surface area (Å²) in [6, 6.07) is -0.283. The summed E-state index contributed by atoms with van der Waals surface area (Å²) in [7, 11) is -1.70. The van der Waals surface area contributed by atoms with Crippen molar-refractivity contribution in [3.8, 4) is 0 Å². The Kier molecular flexibility index (Phi) is 5.80. The molecule has 4 atom stereocenters. The van der Waals surface area contributed by atoms with Gasteiger partial charge in [-0.2, -0.15) is 0 Å². The topological polar surface area (TPSA) is 84.3 Å². The van der Waals surface area contributed by atoms with Crippen LogP contribution < -0.4 is 0 Å².